The Morgan fingerprint density at radius 2 is 1.72 bits per heavy atom. The minimum Gasteiger partial charge on any atom is -0.496 e. The van der Waals surface area contributed by atoms with Crippen molar-refractivity contribution in [1.29, 1.82) is 0 Å². The quantitative estimate of drug-likeness (QED) is 0.889. The van der Waals surface area contributed by atoms with E-state index < -0.39 is 0 Å². The fraction of sp³-hybridized carbons (Fsp3) is 0.600. The van der Waals surface area contributed by atoms with E-state index >= 15 is 0 Å². The number of hydrogen-bond acceptors (Lipinski definition) is 3. The summed E-state index contributed by atoms with van der Waals surface area (Å²) in [4.78, 5) is 0. The maximum atomic E-state index is 5.48. The summed E-state index contributed by atoms with van der Waals surface area (Å²) in [7, 11) is 3.47. The summed E-state index contributed by atoms with van der Waals surface area (Å²) in [6, 6.07) is 5.08. The lowest BCUT2D eigenvalue weighted by Gasteiger charge is -2.29. The van der Waals surface area contributed by atoms with Crippen LogP contribution in [0.25, 0.3) is 0 Å². The number of methoxy groups -OCH3 is 2. The van der Waals surface area contributed by atoms with Crippen LogP contribution in [0.15, 0.2) is 12.1 Å². The first-order chi connectivity index (χ1) is 8.65. The molecule has 18 heavy (non-hydrogen) atoms. The molecule has 1 aliphatic rings. The van der Waals surface area contributed by atoms with Crippen molar-refractivity contribution in [1.82, 2.24) is 5.32 Å². The van der Waals surface area contributed by atoms with Gasteiger partial charge in [-0.05, 0) is 31.4 Å². The molecule has 0 fully saturated rings. The Kier molecular flexibility index (Phi) is 4.12. The van der Waals surface area contributed by atoms with Crippen molar-refractivity contribution in [2.75, 3.05) is 14.2 Å². The van der Waals surface area contributed by atoms with E-state index in [1.165, 1.54) is 11.1 Å². The molecule has 0 spiro atoms. The summed E-state index contributed by atoms with van der Waals surface area (Å²) in [6.45, 7) is 4.39. The molecule has 0 radical (unpaired) electrons. The molecule has 0 saturated heterocycles. The monoisotopic (exact) mass is 249 g/mol. The predicted octanol–water partition coefficient (Wildman–Crippen LogP) is 2.56. The van der Waals surface area contributed by atoms with Gasteiger partial charge in [0.25, 0.3) is 0 Å². The SMILES string of the molecule is COc1ccc(OC)c2c1CCC(NC(C)C)C2. The molecule has 1 atom stereocenters. The Balaban J connectivity index is 2.29. The molecular formula is C15H23NO2. The molecule has 0 bridgehead atoms. The third-order valence-corrected chi connectivity index (χ3v) is 3.55. The second kappa shape index (κ2) is 5.61. The van der Waals surface area contributed by atoms with E-state index in [2.05, 4.69) is 19.2 Å². The lowest BCUT2D eigenvalue weighted by Crippen LogP contribution is -2.39. The molecule has 1 aliphatic carbocycles. The zero-order valence-electron chi connectivity index (χ0n) is 11.7. The van der Waals surface area contributed by atoms with Crippen molar-refractivity contribution in [3.05, 3.63) is 23.3 Å². The van der Waals surface area contributed by atoms with Crippen LogP contribution in [-0.2, 0) is 12.8 Å². The Labute approximate surface area is 109 Å². The highest BCUT2D eigenvalue weighted by molar-refractivity contribution is 5.50. The first kappa shape index (κ1) is 13.2. The molecule has 1 aromatic carbocycles. The third-order valence-electron chi connectivity index (χ3n) is 3.55. The molecule has 0 aromatic heterocycles. The van der Waals surface area contributed by atoms with Crippen LogP contribution in [0, 0.1) is 0 Å². The highest BCUT2D eigenvalue weighted by Gasteiger charge is 2.24. The van der Waals surface area contributed by atoms with Crippen LogP contribution >= 0.6 is 0 Å². The van der Waals surface area contributed by atoms with Crippen LogP contribution in [0.1, 0.15) is 31.4 Å². The van der Waals surface area contributed by atoms with E-state index in [-0.39, 0.29) is 0 Å². The maximum Gasteiger partial charge on any atom is 0.122 e. The normalized spacial score (nSPS) is 18.6. The van der Waals surface area contributed by atoms with Gasteiger partial charge in [0, 0.05) is 23.2 Å². The minimum absolute atomic E-state index is 0.521. The Bertz CT molecular complexity index is 415. The van der Waals surface area contributed by atoms with Gasteiger partial charge in [-0.25, -0.2) is 0 Å². The second-order valence-corrected chi connectivity index (χ2v) is 5.19. The van der Waals surface area contributed by atoms with Crippen LogP contribution in [0.3, 0.4) is 0 Å². The molecule has 3 nitrogen and oxygen atoms in total. The molecule has 1 unspecified atom stereocenters. The smallest absolute Gasteiger partial charge is 0.122 e. The summed E-state index contributed by atoms with van der Waals surface area (Å²) in [6.07, 6.45) is 3.24. The van der Waals surface area contributed by atoms with Crippen LogP contribution < -0.4 is 14.8 Å². The molecule has 3 heteroatoms. The van der Waals surface area contributed by atoms with Crippen LogP contribution in [0.4, 0.5) is 0 Å². The Morgan fingerprint density at radius 3 is 2.28 bits per heavy atom. The van der Waals surface area contributed by atoms with Gasteiger partial charge < -0.3 is 14.8 Å². The average Bonchev–Trinajstić information content (AvgIpc) is 2.36. The molecule has 0 heterocycles. The van der Waals surface area contributed by atoms with Gasteiger partial charge in [0.1, 0.15) is 11.5 Å². The highest BCUT2D eigenvalue weighted by atomic mass is 16.5. The molecule has 0 aliphatic heterocycles. The molecule has 2 rings (SSSR count). The fourth-order valence-corrected chi connectivity index (χ4v) is 2.81. The molecular weight excluding hydrogens is 226 g/mol. The number of benzene rings is 1. The Morgan fingerprint density at radius 1 is 1.11 bits per heavy atom. The molecule has 100 valence electrons. The number of ether oxygens (including phenoxy) is 2. The van der Waals surface area contributed by atoms with Crippen LogP contribution in [0.2, 0.25) is 0 Å². The molecule has 1 N–H and O–H groups in total. The van der Waals surface area contributed by atoms with E-state index in [0.717, 1.165) is 30.8 Å². The lowest BCUT2D eigenvalue weighted by molar-refractivity contribution is 0.369. The van der Waals surface area contributed by atoms with Crippen LogP contribution in [0.5, 0.6) is 11.5 Å². The zero-order chi connectivity index (χ0) is 13.1. The predicted molar refractivity (Wildman–Crippen MR) is 73.6 cm³/mol. The number of fused-ring (bicyclic) bond motifs is 1. The molecule has 1 aromatic rings. The molecule has 0 amide bonds. The van der Waals surface area contributed by atoms with Gasteiger partial charge in [-0.15, -0.1) is 0 Å². The summed E-state index contributed by atoms with van der Waals surface area (Å²) in [5.41, 5.74) is 2.62. The highest BCUT2D eigenvalue weighted by Crippen LogP contribution is 2.36. The van der Waals surface area contributed by atoms with Gasteiger partial charge in [0.05, 0.1) is 14.2 Å². The van der Waals surface area contributed by atoms with Crippen molar-refractivity contribution in [3.63, 3.8) is 0 Å². The van der Waals surface area contributed by atoms with Gasteiger partial charge in [0.15, 0.2) is 0 Å². The van der Waals surface area contributed by atoms with Gasteiger partial charge in [0.2, 0.25) is 0 Å². The van der Waals surface area contributed by atoms with E-state index in [1.807, 2.05) is 12.1 Å². The lowest BCUT2D eigenvalue weighted by atomic mass is 9.86. The molecule has 0 saturated carbocycles. The summed E-state index contributed by atoms with van der Waals surface area (Å²) in [5, 5.41) is 3.61. The van der Waals surface area contributed by atoms with E-state index in [4.69, 9.17) is 9.47 Å². The van der Waals surface area contributed by atoms with Gasteiger partial charge >= 0.3 is 0 Å². The van der Waals surface area contributed by atoms with E-state index in [9.17, 15) is 0 Å². The fourth-order valence-electron chi connectivity index (χ4n) is 2.81. The van der Waals surface area contributed by atoms with E-state index in [1.54, 1.807) is 14.2 Å². The third kappa shape index (κ3) is 2.61. The van der Waals surface area contributed by atoms with Gasteiger partial charge in [-0.2, -0.15) is 0 Å². The number of nitrogens with one attached hydrogen (secondary N) is 1. The topological polar surface area (TPSA) is 30.5 Å². The van der Waals surface area contributed by atoms with Crippen molar-refractivity contribution < 1.29 is 9.47 Å². The second-order valence-electron chi connectivity index (χ2n) is 5.19. The van der Waals surface area contributed by atoms with Crippen molar-refractivity contribution in [3.8, 4) is 11.5 Å². The first-order valence-electron chi connectivity index (χ1n) is 6.64. The summed E-state index contributed by atoms with van der Waals surface area (Å²) in [5.74, 6) is 1.98. The maximum absolute atomic E-state index is 5.48. The summed E-state index contributed by atoms with van der Waals surface area (Å²) >= 11 is 0. The van der Waals surface area contributed by atoms with E-state index in [0.29, 0.717) is 12.1 Å². The largest absolute Gasteiger partial charge is 0.496 e. The summed E-state index contributed by atoms with van der Waals surface area (Å²) < 4.78 is 10.9. The number of hydrogen-bond donors (Lipinski definition) is 1. The first-order valence-corrected chi connectivity index (χ1v) is 6.64. The van der Waals surface area contributed by atoms with Gasteiger partial charge in [-0.1, -0.05) is 13.8 Å². The zero-order valence-corrected chi connectivity index (χ0v) is 11.7. The van der Waals surface area contributed by atoms with Gasteiger partial charge in [-0.3, -0.25) is 0 Å². The van der Waals surface area contributed by atoms with Crippen molar-refractivity contribution >= 4 is 0 Å². The number of rotatable bonds is 4. The van der Waals surface area contributed by atoms with Crippen molar-refractivity contribution in [2.24, 2.45) is 0 Å². The van der Waals surface area contributed by atoms with Crippen molar-refractivity contribution in [2.45, 2.75) is 45.2 Å². The minimum atomic E-state index is 0.521. The standard InChI is InChI=1S/C15H23NO2/c1-10(2)16-11-5-6-12-13(9-11)15(18-4)8-7-14(12)17-3/h7-8,10-11,16H,5-6,9H2,1-4H3. The van der Waals surface area contributed by atoms with Crippen LogP contribution in [-0.4, -0.2) is 26.3 Å². The average molecular weight is 249 g/mol. The Hall–Kier alpha value is -1.22.